The lowest BCUT2D eigenvalue weighted by Crippen LogP contribution is -2.32. The Morgan fingerprint density at radius 1 is 0.261 bits per heavy atom. The van der Waals surface area contributed by atoms with Gasteiger partial charge in [0.05, 0.1) is 27.9 Å². The Morgan fingerprint density at radius 2 is 0.667 bits per heavy atom. The van der Waals surface area contributed by atoms with E-state index >= 15 is 0 Å². The molecule has 0 saturated carbocycles. The van der Waals surface area contributed by atoms with E-state index in [0.29, 0.717) is 0 Å². The fraction of sp³-hybridized carbons (Fsp3) is 0.0303. The minimum absolute atomic E-state index is 0.616. The average Bonchev–Trinajstić information content (AvgIpc) is 3.88. The first-order valence-corrected chi connectivity index (χ1v) is 23.8. The van der Waals surface area contributed by atoms with Crippen LogP contribution in [0.25, 0.3) is 44.2 Å². The Labute approximate surface area is 400 Å². The molecule has 4 aliphatic rings. The average molecular weight is 880 g/mol. The lowest BCUT2D eigenvalue weighted by molar-refractivity contribution is 0.436. The molecule has 0 N–H and O–H groups in total. The maximum absolute atomic E-state index is 6.77. The van der Waals surface area contributed by atoms with Crippen molar-refractivity contribution in [2.24, 2.45) is 0 Å². The van der Waals surface area contributed by atoms with Crippen molar-refractivity contribution in [2.75, 3.05) is 4.90 Å². The number of para-hydroxylation sites is 5. The zero-order chi connectivity index (χ0) is 45.3. The highest BCUT2D eigenvalue weighted by atomic mass is 16.5. The van der Waals surface area contributed by atoms with Gasteiger partial charge in [0.25, 0.3) is 0 Å². The summed E-state index contributed by atoms with van der Waals surface area (Å²) in [6.45, 7) is 0. The Morgan fingerprint density at radius 3 is 1.25 bits per heavy atom. The Hall–Kier alpha value is -8.92. The van der Waals surface area contributed by atoms with E-state index in [4.69, 9.17) is 9.47 Å². The normalized spacial score (nSPS) is 14.3. The second-order valence-corrected chi connectivity index (χ2v) is 18.6. The van der Waals surface area contributed by atoms with Gasteiger partial charge in [-0.2, -0.15) is 0 Å². The van der Waals surface area contributed by atoms with Gasteiger partial charge in [0.1, 0.15) is 23.0 Å². The summed E-state index contributed by atoms with van der Waals surface area (Å²) in [6.07, 6.45) is 0. The van der Waals surface area contributed by atoms with Crippen molar-refractivity contribution < 1.29 is 9.47 Å². The van der Waals surface area contributed by atoms with Gasteiger partial charge in [-0.3, -0.25) is 0 Å². The standard InChI is InChI=1S/C66H41NO2/c1-2-20-42(21-3-1)44-23-6-13-33-55(44)67(57-35-19-32-53-63(57)45-24-4-7-26-47(45)65(53)49-28-9-14-36-58(49)68-59-37-15-10-29-50(59)65)56-34-18-22-43-40-41-54-64(62(43)56)46-25-5-8-27-48(46)66(54)51-30-11-16-38-60(51)69-61-39-17-12-31-52(61)66/h1-41H. The van der Waals surface area contributed by atoms with E-state index in [1.165, 1.54) is 55.3 Å². The number of hydrogen-bond acceptors (Lipinski definition) is 3. The van der Waals surface area contributed by atoms with Crippen molar-refractivity contribution >= 4 is 27.8 Å². The molecule has 0 fully saturated rings. The van der Waals surface area contributed by atoms with Crippen LogP contribution >= 0.6 is 0 Å². The van der Waals surface area contributed by atoms with Crippen molar-refractivity contribution in [3.63, 3.8) is 0 Å². The van der Waals surface area contributed by atoms with E-state index in [0.717, 1.165) is 73.4 Å². The van der Waals surface area contributed by atoms with Crippen molar-refractivity contribution in [3.8, 4) is 56.4 Å². The van der Waals surface area contributed by atoms with E-state index in [9.17, 15) is 0 Å². The van der Waals surface area contributed by atoms with E-state index in [2.05, 4.69) is 254 Å². The summed E-state index contributed by atoms with van der Waals surface area (Å²) in [4.78, 5) is 2.58. The molecule has 15 rings (SSSR count). The Balaban J connectivity index is 1.09. The van der Waals surface area contributed by atoms with E-state index in [1.54, 1.807) is 0 Å². The van der Waals surface area contributed by atoms with Crippen LogP contribution in [0.3, 0.4) is 0 Å². The van der Waals surface area contributed by atoms with Crippen LogP contribution in [0.5, 0.6) is 23.0 Å². The summed E-state index contributed by atoms with van der Waals surface area (Å²) in [6, 6.07) is 91.0. The van der Waals surface area contributed by atoms with Gasteiger partial charge in [0.15, 0.2) is 0 Å². The zero-order valence-electron chi connectivity index (χ0n) is 37.4. The number of benzene rings is 11. The summed E-state index contributed by atoms with van der Waals surface area (Å²) in [5, 5.41) is 2.37. The first kappa shape index (κ1) is 38.2. The van der Waals surface area contributed by atoms with Crippen LogP contribution in [0.1, 0.15) is 44.5 Å². The number of anilines is 3. The molecule has 0 atom stereocenters. The molecule has 0 radical (unpaired) electrons. The molecule has 0 unspecified atom stereocenters. The first-order chi connectivity index (χ1) is 34.3. The summed E-state index contributed by atoms with van der Waals surface area (Å²) >= 11 is 0. The van der Waals surface area contributed by atoms with Gasteiger partial charge in [-0.15, -0.1) is 0 Å². The number of nitrogens with zero attached hydrogens (tertiary/aromatic N) is 1. The molecule has 0 aromatic heterocycles. The SMILES string of the molecule is c1ccc(-c2ccccc2N(c2cccc3c2-c2ccccc2C32c3ccccc3Oc3ccccc32)c2cccc3ccc4c(c23)-c2ccccc2C42c3ccccc3Oc3ccccc32)cc1. The minimum Gasteiger partial charge on any atom is -0.457 e. The second kappa shape index (κ2) is 14.3. The monoisotopic (exact) mass is 879 g/mol. The summed E-state index contributed by atoms with van der Waals surface area (Å²) in [5.74, 6) is 3.52. The summed E-state index contributed by atoms with van der Waals surface area (Å²) in [5.41, 5.74) is 18.8. The third-order valence-electron chi connectivity index (χ3n) is 15.4. The van der Waals surface area contributed by atoms with E-state index in [-0.39, 0.29) is 0 Å². The van der Waals surface area contributed by atoms with E-state index in [1.807, 2.05) is 0 Å². The quantitative estimate of drug-likeness (QED) is 0.176. The van der Waals surface area contributed by atoms with Crippen molar-refractivity contribution in [2.45, 2.75) is 10.8 Å². The maximum Gasteiger partial charge on any atom is 0.132 e. The molecule has 11 aromatic carbocycles. The van der Waals surface area contributed by atoms with Crippen molar-refractivity contribution in [1.82, 2.24) is 0 Å². The van der Waals surface area contributed by atoms with Crippen LogP contribution in [-0.4, -0.2) is 0 Å². The lowest BCUT2D eigenvalue weighted by atomic mass is 9.66. The Kier molecular flexibility index (Phi) is 7.92. The topological polar surface area (TPSA) is 21.7 Å². The van der Waals surface area contributed by atoms with Gasteiger partial charge in [-0.1, -0.05) is 206 Å². The zero-order valence-corrected chi connectivity index (χ0v) is 37.4. The molecule has 69 heavy (non-hydrogen) atoms. The molecule has 2 heterocycles. The van der Waals surface area contributed by atoms with Crippen LogP contribution in [0.4, 0.5) is 17.1 Å². The molecule has 2 spiro atoms. The minimum atomic E-state index is -0.632. The fourth-order valence-corrected chi connectivity index (χ4v) is 12.9. The molecule has 322 valence electrons. The second-order valence-electron chi connectivity index (χ2n) is 18.6. The van der Waals surface area contributed by atoms with Gasteiger partial charge < -0.3 is 14.4 Å². The summed E-state index contributed by atoms with van der Waals surface area (Å²) in [7, 11) is 0. The van der Waals surface area contributed by atoms with Gasteiger partial charge in [-0.05, 0) is 92.4 Å². The number of ether oxygens (including phenoxy) is 2. The highest BCUT2D eigenvalue weighted by Gasteiger charge is 2.54. The third-order valence-corrected chi connectivity index (χ3v) is 15.4. The smallest absolute Gasteiger partial charge is 0.132 e. The highest BCUT2D eigenvalue weighted by Crippen LogP contribution is 2.67. The van der Waals surface area contributed by atoms with Gasteiger partial charge in [0.2, 0.25) is 0 Å². The fourth-order valence-electron chi connectivity index (χ4n) is 12.9. The maximum atomic E-state index is 6.77. The third kappa shape index (κ3) is 4.96. The largest absolute Gasteiger partial charge is 0.457 e. The van der Waals surface area contributed by atoms with Crippen LogP contribution < -0.4 is 14.4 Å². The molecule has 3 nitrogen and oxygen atoms in total. The summed E-state index contributed by atoms with van der Waals surface area (Å²) < 4.78 is 13.5. The number of hydrogen-bond donors (Lipinski definition) is 0. The first-order valence-electron chi connectivity index (χ1n) is 23.8. The van der Waals surface area contributed by atoms with Crippen molar-refractivity contribution in [1.29, 1.82) is 0 Å². The predicted molar refractivity (Wildman–Crippen MR) is 279 cm³/mol. The Bertz CT molecular complexity index is 3850. The van der Waals surface area contributed by atoms with Gasteiger partial charge in [0, 0.05) is 38.8 Å². The molecule has 2 aliphatic heterocycles. The number of fused-ring (bicyclic) bond motifs is 20. The predicted octanol–water partition coefficient (Wildman–Crippen LogP) is 16.9. The molecule has 2 aliphatic carbocycles. The number of rotatable bonds is 4. The molecule has 0 saturated heterocycles. The molecular formula is C66H41NO2. The van der Waals surface area contributed by atoms with Gasteiger partial charge in [-0.25, -0.2) is 0 Å². The van der Waals surface area contributed by atoms with Crippen LogP contribution in [0.2, 0.25) is 0 Å². The van der Waals surface area contributed by atoms with E-state index < -0.39 is 10.8 Å². The van der Waals surface area contributed by atoms with Crippen LogP contribution in [0.15, 0.2) is 249 Å². The van der Waals surface area contributed by atoms with Crippen LogP contribution in [-0.2, 0) is 10.8 Å². The molecule has 0 bridgehead atoms. The van der Waals surface area contributed by atoms with Crippen molar-refractivity contribution in [3.05, 3.63) is 293 Å². The molecular weight excluding hydrogens is 839 g/mol. The molecule has 11 aromatic rings. The molecule has 3 heteroatoms. The van der Waals surface area contributed by atoms with Crippen LogP contribution in [0, 0.1) is 0 Å². The van der Waals surface area contributed by atoms with Gasteiger partial charge >= 0.3 is 0 Å². The molecule has 0 amide bonds. The lowest BCUT2D eigenvalue weighted by Gasteiger charge is -2.39. The highest BCUT2D eigenvalue weighted by molar-refractivity contribution is 6.14.